The molecule has 5 rings (SSSR count). The number of carbonyl (C=O) groups excluding carboxylic acids is 1. The topological polar surface area (TPSA) is 152 Å². The molecular formula is C25H35N7O4. The summed E-state index contributed by atoms with van der Waals surface area (Å²) in [6.07, 6.45) is 7.93. The van der Waals surface area contributed by atoms with E-state index in [0.29, 0.717) is 18.3 Å². The second-order valence-corrected chi connectivity index (χ2v) is 9.35. The number of piperidine rings is 1. The van der Waals surface area contributed by atoms with Gasteiger partial charge in [-0.3, -0.25) is 9.89 Å². The number of ether oxygens (including phenoxy) is 2. The van der Waals surface area contributed by atoms with Crippen molar-refractivity contribution in [3.8, 4) is 6.01 Å². The molecule has 1 atom stereocenters. The molecule has 1 saturated carbocycles. The molecule has 4 N–H and O–H groups in total. The molecule has 194 valence electrons. The maximum absolute atomic E-state index is 11.7. The van der Waals surface area contributed by atoms with Gasteiger partial charge < -0.3 is 25.2 Å². The lowest BCUT2D eigenvalue weighted by Gasteiger charge is -2.32. The molecular weight excluding hydrogens is 462 g/mol. The van der Waals surface area contributed by atoms with Crippen LogP contribution in [0.15, 0.2) is 24.4 Å². The van der Waals surface area contributed by atoms with Crippen LogP contribution in [0.2, 0.25) is 0 Å². The molecule has 0 radical (unpaired) electrons. The lowest BCUT2D eigenvalue weighted by atomic mass is 9.92. The molecule has 3 aromatic rings. The van der Waals surface area contributed by atoms with Crippen molar-refractivity contribution in [3.63, 3.8) is 0 Å². The molecule has 4 heterocycles. The van der Waals surface area contributed by atoms with Crippen LogP contribution in [0.1, 0.15) is 67.5 Å². The number of fused-ring (bicyclic) bond motifs is 1. The average Bonchev–Trinajstić information content (AvgIpc) is 3.53. The first kappa shape index (κ1) is 25.8. The number of hydrogen-bond donors (Lipinski definition) is 3. The molecule has 0 spiro atoms. The zero-order valence-corrected chi connectivity index (χ0v) is 20.9. The van der Waals surface area contributed by atoms with Gasteiger partial charge in [0.2, 0.25) is 0 Å². The van der Waals surface area contributed by atoms with E-state index in [1.807, 2.05) is 19.1 Å². The van der Waals surface area contributed by atoms with Gasteiger partial charge in [-0.15, -0.1) is 0 Å². The zero-order valence-electron chi connectivity index (χ0n) is 20.9. The predicted octanol–water partition coefficient (Wildman–Crippen LogP) is 2.57. The molecule has 1 aliphatic carbocycles. The summed E-state index contributed by atoms with van der Waals surface area (Å²) in [5.41, 5.74) is 7.46. The third-order valence-corrected chi connectivity index (χ3v) is 6.56. The second-order valence-electron chi connectivity index (χ2n) is 9.35. The Kier molecular flexibility index (Phi) is 8.65. The van der Waals surface area contributed by atoms with Crippen LogP contribution in [-0.2, 0) is 4.74 Å². The number of rotatable bonds is 7. The molecule has 3 aromatic heterocycles. The van der Waals surface area contributed by atoms with Crippen molar-refractivity contribution >= 4 is 22.8 Å². The molecule has 1 unspecified atom stereocenters. The van der Waals surface area contributed by atoms with Crippen molar-refractivity contribution in [2.75, 3.05) is 31.7 Å². The van der Waals surface area contributed by atoms with Gasteiger partial charge in [0.1, 0.15) is 17.6 Å². The molecule has 2 aliphatic rings. The number of pyridine rings is 1. The summed E-state index contributed by atoms with van der Waals surface area (Å²) in [5, 5.41) is 17.3. The number of hydrogen-bond acceptors (Lipinski definition) is 9. The van der Waals surface area contributed by atoms with Crippen molar-refractivity contribution in [1.82, 2.24) is 25.1 Å². The fourth-order valence-electron chi connectivity index (χ4n) is 4.68. The standard InChI is InChI=1S/C20H25N7O3.C5H10O/c1-12(11-29-2)30-20-23-15(18(21)28)10-16(24-20)27-8-5-13(6-9-27)17-14-4-3-7-22-19(14)26-25-17;6-5-3-1-2-4-5/h3-4,7,10,12-13H,5-6,8-9,11H2,1-2H3,(H2,21,28)(H,22,25,26);5-6H,1-4H2. The summed E-state index contributed by atoms with van der Waals surface area (Å²) in [6, 6.07) is 5.71. The van der Waals surface area contributed by atoms with E-state index in [2.05, 4.69) is 30.0 Å². The number of H-pyrrole nitrogens is 1. The van der Waals surface area contributed by atoms with E-state index < -0.39 is 5.91 Å². The smallest absolute Gasteiger partial charge is 0.319 e. The molecule has 1 aliphatic heterocycles. The number of aromatic nitrogens is 5. The first-order chi connectivity index (χ1) is 17.4. The molecule has 11 heteroatoms. The lowest BCUT2D eigenvalue weighted by molar-refractivity contribution is 0.0847. The minimum atomic E-state index is -0.616. The monoisotopic (exact) mass is 497 g/mol. The number of amides is 1. The Morgan fingerprint density at radius 1 is 1.25 bits per heavy atom. The van der Waals surface area contributed by atoms with Crippen LogP contribution in [-0.4, -0.2) is 75.2 Å². The van der Waals surface area contributed by atoms with Gasteiger partial charge in [-0.25, -0.2) is 4.98 Å². The normalized spacial score (nSPS) is 17.6. The minimum Gasteiger partial charge on any atom is -0.458 e. The van der Waals surface area contributed by atoms with Crippen molar-refractivity contribution in [1.29, 1.82) is 0 Å². The van der Waals surface area contributed by atoms with Crippen LogP contribution < -0.4 is 15.4 Å². The largest absolute Gasteiger partial charge is 0.458 e. The number of anilines is 1. The third kappa shape index (κ3) is 6.46. The summed E-state index contributed by atoms with van der Waals surface area (Å²) in [7, 11) is 1.59. The second kappa shape index (κ2) is 12.1. The number of aliphatic hydroxyl groups is 1. The Labute approximate surface area is 210 Å². The molecule has 0 aromatic carbocycles. The van der Waals surface area contributed by atoms with Crippen molar-refractivity contribution in [2.24, 2.45) is 5.73 Å². The van der Waals surface area contributed by atoms with E-state index in [1.165, 1.54) is 12.8 Å². The average molecular weight is 498 g/mol. The summed E-state index contributed by atoms with van der Waals surface area (Å²) in [4.78, 5) is 26.8. The van der Waals surface area contributed by atoms with Crippen molar-refractivity contribution in [2.45, 2.75) is 63.6 Å². The number of aromatic amines is 1. The number of nitrogens with two attached hydrogens (primary N) is 1. The van der Waals surface area contributed by atoms with Crippen LogP contribution in [0, 0.1) is 0 Å². The van der Waals surface area contributed by atoms with Crippen LogP contribution in [0.25, 0.3) is 11.0 Å². The molecule has 11 nitrogen and oxygen atoms in total. The molecule has 0 bridgehead atoms. The van der Waals surface area contributed by atoms with Gasteiger partial charge >= 0.3 is 6.01 Å². The zero-order chi connectivity index (χ0) is 25.5. The van der Waals surface area contributed by atoms with Gasteiger partial charge in [-0.1, -0.05) is 12.8 Å². The SMILES string of the molecule is COCC(C)Oc1nc(C(N)=O)cc(N2CCC(c3[nH]nc4ncccc34)CC2)n1.OC1CCCC1. The molecule has 1 saturated heterocycles. The quantitative estimate of drug-likeness (QED) is 0.447. The summed E-state index contributed by atoms with van der Waals surface area (Å²) < 4.78 is 10.8. The highest BCUT2D eigenvalue weighted by atomic mass is 16.5. The Balaban J connectivity index is 0.000000445. The van der Waals surface area contributed by atoms with Crippen molar-refractivity contribution in [3.05, 3.63) is 35.8 Å². The van der Waals surface area contributed by atoms with E-state index in [1.54, 1.807) is 19.4 Å². The van der Waals surface area contributed by atoms with Gasteiger partial charge in [0.25, 0.3) is 5.91 Å². The fourth-order valence-corrected chi connectivity index (χ4v) is 4.68. The van der Waals surface area contributed by atoms with Gasteiger partial charge in [0.05, 0.1) is 12.7 Å². The Hall–Kier alpha value is -3.31. The molecule has 1 amide bonds. The third-order valence-electron chi connectivity index (χ3n) is 6.56. The first-order valence-electron chi connectivity index (χ1n) is 12.5. The van der Waals surface area contributed by atoms with Gasteiger partial charge in [0.15, 0.2) is 5.65 Å². The Bertz CT molecular complexity index is 1140. The van der Waals surface area contributed by atoms with Crippen molar-refractivity contribution < 1.29 is 19.4 Å². The van der Waals surface area contributed by atoms with E-state index in [4.69, 9.17) is 20.3 Å². The Morgan fingerprint density at radius 3 is 2.64 bits per heavy atom. The molecule has 2 fully saturated rings. The maximum atomic E-state index is 11.7. The fraction of sp³-hybridized carbons (Fsp3) is 0.560. The van der Waals surface area contributed by atoms with E-state index >= 15 is 0 Å². The number of carbonyl (C=O) groups is 1. The van der Waals surface area contributed by atoms with Crippen LogP contribution in [0.3, 0.4) is 0 Å². The number of nitrogens with zero attached hydrogens (tertiary/aromatic N) is 5. The van der Waals surface area contributed by atoms with Crippen LogP contribution >= 0.6 is 0 Å². The lowest BCUT2D eigenvalue weighted by Crippen LogP contribution is -2.34. The highest BCUT2D eigenvalue weighted by Crippen LogP contribution is 2.32. The van der Waals surface area contributed by atoms with Gasteiger partial charge in [-0.05, 0) is 44.7 Å². The highest BCUT2D eigenvalue weighted by Gasteiger charge is 2.26. The number of primary amides is 1. The number of nitrogens with one attached hydrogen (secondary N) is 1. The summed E-state index contributed by atoms with van der Waals surface area (Å²) >= 11 is 0. The minimum absolute atomic E-state index is 0.0463. The predicted molar refractivity (Wildman–Crippen MR) is 135 cm³/mol. The summed E-state index contributed by atoms with van der Waals surface area (Å²) in [6.45, 7) is 3.78. The van der Waals surface area contributed by atoms with E-state index in [9.17, 15) is 4.79 Å². The van der Waals surface area contributed by atoms with Gasteiger partial charge in [-0.2, -0.15) is 15.1 Å². The van der Waals surface area contributed by atoms with Crippen LogP contribution in [0.4, 0.5) is 5.82 Å². The summed E-state index contributed by atoms with van der Waals surface area (Å²) in [5.74, 6) is 0.368. The number of aliphatic hydroxyl groups excluding tert-OH is 1. The Morgan fingerprint density at radius 2 is 2.00 bits per heavy atom. The maximum Gasteiger partial charge on any atom is 0.319 e. The molecule has 36 heavy (non-hydrogen) atoms. The first-order valence-corrected chi connectivity index (χ1v) is 12.5. The van der Waals surface area contributed by atoms with E-state index in [0.717, 1.165) is 55.5 Å². The van der Waals surface area contributed by atoms with Crippen LogP contribution in [0.5, 0.6) is 6.01 Å². The van der Waals surface area contributed by atoms with E-state index in [-0.39, 0.29) is 23.9 Å². The number of methoxy groups -OCH3 is 1. The van der Waals surface area contributed by atoms with Gasteiger partial charge in [0, 0.05) is 49.5 Å². The highest BCUT2D eigenvalue weighted by molar-refractivity contribution is 5.91.